The third kappa shape index (κ3) is 2.76. The van der Waals surface area contributed by atoms with Crippen molar-refractivity contribution in [2.45, 2.75) is 0 Å². The Labute approximate surface area is 112 Å². The number of halogens is 2. The van der Waals surface area contributed by atoms with Gasteiger partial charge in [-0.3, -0.25) is 0 Å². The molecule has 0 unspecified atom stereocenters. The van der Waals surface area contributed by atoms with Crippen LogP contribution in [0.3, 0.4) is 0 Å². The van der Waals surface area contributed by atoms with Crippen LogP contribution in [0.2, 0.25) is 5.02 Å². The van der Waals surface area contributed by atoms with Gasteiger partial charge in [0.25, 0.3) is 0 Å². The van der Waals surface area contributed by atoms with Gasteiger partial charge in [-0.25, -0.2) is 4.98 Å². The highest BCUT2D eigenvalue weighted by Crippen LogP contribution is 2.27. The van der Waals surface area contributed by atoms with E-state index in [1.807, 2.05) is 12.1 Å². The Bertz CT molecular complexity index is 593. The molecule has 1 heterocycles. The molecule has 0 fully saturated rings. The zero-order chi connectivity index (χ0) is 12.3. The number of nitriles is 1. The van der Waals surface area contributed by atoms with Crippen molar-refractivity contribution in [2.75, 3.05) is 5.32 Å². The highest BCUT2D eigenvalue weighted by Gasteiger charge is 2.06. The minimum absolute atomic E-state index is 0.520. The van der Waals surface area contributed by atoms with Crippen LogP contribution in [0, 0.1) is 11.3 Å². The first kappa shape index (κ1) is 11.9. The fourth-order valence-electron chi connectivity index (χ4n) is 1.32. The average molecular weight is 309 g/mol. The summed E-state index contributed by atoms with van der Waals surface area (Å²) in [6, 6.07) is 10.8. The average Bonchev–Trinajstić information content (AvgIpc) is 2.32. The lowest BCUT2D eigenvalue weighted by Gasteiger charge is -2.09. The van der Waals surface area contributed by atoms with Crippen LogP contribution < -0.4 is 5.32 Å². The van der Waals surface area contributed by atoms with Crippen molar-refractivity contribution < 1.29 is 0 Å². The Morgan fingerprint density at radius 3 is 2.88 bits per heavy atom. The molecule has 0 amide bonds. The molecule has 0 aliphatic rings. The molecular weight excluding hydrogens is 302 g/mol. The molecule has 1 N–H and O–H groups in total. The summed E-state index contributed by atoms with van der Waals surface area (Å²) >= 11 is 9.28. The first-order valence-corrected chi connectivity index (χ1v) is 5.95. The summed E-state index contributed by atoms with van der Waals surface area (Å²) in [7, 11) is 0. The number of hydrogen-bond donors (Lipinski definition) is 1. The van der Waals surface area contributed by atoms with E-state index in [1.165, 1.54) is 0 Å². The van der Waals surface area contributed by atoms with Crippen molar-refractivity contribution >= 4 is 39.0 Å². The second-order valence-electron chi connectivity index (χ2n) is 3.26. The predicted octanol–water partition coefficient (Wildman–Crippen LogP) is 4.11. The molecule has 0 aliphatic heterocycles. The molecule has 0 saturated heterocycles. The van der Waals surface area contributed by atoms with Gasteiger partial charge in [0.1, 0.15) is 11.9 Å². The second-order valence-corrected chi connectivity index (χ2v) is 4.55. The third-order valence-corrected chi connectivity index (χ3v) is 2.99. The predicted molar refractivity (Wildman–Crippen MR) is 71.4 cm³/mol. The summed E-state index contributed by atoms with van der Waals surface area (Å²) < 4.78 is 0.823. The van der Waals surface area contributed by atoms with Crippen molar-refractivity contribution in [3.63, 3.8) is 0 Å². The first-order chi connectivity index (χ1) is 8.20. The maximum atomic E-state index is 8.99. The van der Waals surface area contributed by atoms with E-state index >= 15 is 0 Å². The largest absolute Gasteiger partial charge is 0.338 e. The van der Waals surface area contributed by atoms with E-state index in [4.69, 9.17) is 16.9 Å². The summed E-state index contributed by atoms with van der Waals surface area (Å²) in [5.74, 6) is 0.645. The SMILES string of the molecule is N#Cc1ccc(Cl)cc1Nc1ncccc1Br. The molecule has 1 aromatic carbocycles. The molecule has 0 bridgehead atoms. The van der Waals surface area contributed by atoms with Gasteiger partial charge in [-0.2, -0.15) is 5.26 Å². The van der Waals surface area contributed by atoms with Crippen molar-refractivity contribution in [3.05, 3.63) is 51.6 Å². The van der Waals surface area contributed by atoms with Crippen LogP contribution in [-0.4, -0.2) is 4.98 Å². The third-order valence-electron chi connectivity index (χ3n) is 2.11. The van der Waals surface area contributed by atoms with Crippen LogP contribution in [0.5, 0.6) is 0 Å². The normalized spacial score (nSPS) is 9.71. The lowest BCUT2D eigenvalue weighted by Crippen LogP contribution is -1.96. The molecule has 0 spiro atoms. The van der Waals surface area contributed by atoms with Crippen LogP contribution >= 0.6 is 27.5 Å². The summed E-state index contributed by atoms with van der Waals surface area (Å²) in [5.41, 5.74) is 1.16. The minimum Gasteiger partial charge on any atom is -0.338 e. The standard InChI is InChI=1S/C12H7BrClN3/c13-10-2-1-5-16-12(10)17-11-6-9(14)4-3-8(11)7-15/h1-6H,(H,16,17). The van der Waals surface area contributed by atoms with Crippen LogP contribution in [-0.2, 0) is 0 Å². The highest BCUT2D eigenvalue weighted by molar-refractivity contribution is 9.10. The molecule has 0 aliphatic carbocycles. The molecule has 0 saturated carbocycles. The number of rotatable bonds is 2. The van der Waals surface area contributed by atoms with Crippen molar-refractivity contribution in [1.29, 1.82) is 5.26 Å². The molecule has 2 aromatic rings. The Morgan fingerprint density at radius 2 is 2.18 bits per heavy atom. The van der Waals surface area contributed by atoms with Gasteiger partial charge < -0.3 is 5.32 Å². The Kier molecular flexibility index (Phi) is 3.62. The van der Waals surface area contributed by atoms with Gasteiger partial charge in [0.15, 0.2) is 0 Å². The fraction of sp³-hybridized carbons (Fsp3) is 0. The zero-order valence-corrected chi connectivity index (χ0v) is 11.0. The highest BCUT2D eigenvalue weighted by atomic mass is 79.9. The summed E-state index contributed by atoms with van der Waals surface area (Å²) in [6.45, 7) is 0. The van der Waals surface area contributed by atoms with Gasteiger partial charge in [0.05, 0.1) is 15.7 Å². The van der Waals surface area contributed by atoms with E-state index in [1.54, 1.807) is 24.4 Å². The second kappa shape index (κ2) is 5.17. The van der Waals surface area contributed by atoms with Gasteiger partial charge in [-0.15, -0.1) is 0 Å². The molecule has 17 heavy (non-hydrogen) atoms. The smallest absolute Gasteiger partial charge is 0.144 e. The van der Waals surface area contributed by atoms with E-state index in [-0.39, 0.29) is 0 Å². The van der Waals surface area contributed by atoms with E-state index in [0.29, 0.717) is 22.1 Å². The Morgan fingerprint density at radius 1 is 1.35 bits per heavy atom. The minimum atomic E-state index is 0.520. The number of nitrogens with zero attached hydrogens (tertiary/aromatic N) is 2. The summed E-state index contributed by atoms with van der Waals surface area (Å²) in [6.07, 6.45) is 1.67. The monoisotopic (exact) mass is 307 g/mol. The van der Waals surface area contributed by atoms with Crippen LogP contribution in [0.1, 0.15) is 5.56 Å². The number of pyridine rings is 1. The number of benzene rings is 1. The van der Waals surface area contributed by atoms with Crippen molar-refractivity contribution in [2.24, 2.45) is 0 Å². The van der Waals surface area contributed by atoms with Gasteiger partial charge in [0, 0.05) is 11.2 Å². The molecule has 3 nitrogen and oxygen atoms in total. The number of aromatic nitrogens is 1. The molecule has 2 rings (SSSR count). The fourth-order valence-corrected chi connectivity index (χ4v) is 1.85. The van der Waals surface area contributed by atoms with Crippen LogP contribution in [0.4, 0.5) is 11.5 Å². The zero-order valence-electron chi connectivity index (χ0n) is 8.61. The van der Waals surface area contributed by atoms with Crippen LogP contribution in [0.25, 0.3) is 0 Å². The van der Waals surface area contributed by atoms with Crippen molar-refractivity contribution in [1.82, 2.24) is 4.98 Å². The van der Waals surface area contributed by atoms with Gasteiger partial charge in [-0.1, -0.05) is 11.6 Å². The molecule has 1 aromatic heterocycles. The topological polar surface area (TPSA) is 48.7 Å². The van der Waals surface area contributed by atoms with Gasteiger partial charge in [0.2, 0.25) is 0 Å². The first-order valence-electron chi connectivity index (χ1n) is 4.78. The quantitative estimate of drug-likeness (QED) is 0.908. The van der Waals surface area contributed by atoms with Gasteiger partial charge >= 0.3 is 0 Å². The molecular formula is C12H7BrClN3. The summed E-state index contributed by atoms with van der Waals surface area (Å²) in [4.78, 5) is 4.17. The molecule has 84 valence electrons. The number of nitrogens with one attached hydrogen (secondary N) is 1. The lowest BCUT2D eigenvalue weighted by atomic mass is 10.2. The maximum Gasteiger partial charge on any atom is 0.144 e. The lowest BCUT2D eigenvalue weighted by molar-refractivity contribution is 1.29. The van der Waals surface area contributed by atoms with E-state index in [9.17, 15) is 0 Å². The molecule has 0 atom stereocenters. The van der Waals surface area contributed by atoms with E-state index in [2.05, 4.69) is 32.3 Å². The van der Waals surface area contributed by atoms with E-state index in [0.717, 1.165) is 4.47 Å². The molecule has 0 radical (unpaired) electrons. The number of anilines is 2. The molecule has 5 heteroatoms. The van der Waals surface area contributed by atoms with Crippen molar-refractivity contribution in [3.8, 4) is 6.07 Å². The van der Waals surface area contributed by atoms with Crippen LogP contribution in [0.15, 0.2) is 41.0 Å². The van der Waals surface area contributed by atoms with E-state index < -0.39 is 0 Å². The Balaban J connectivity index is 2.40. The van der Waals surface area contributed by atoms with Gasteiger partial charge in [-0.05, 0) is 46.3 Å². The summed E-state index contributed by atoms with van der Waals surface area (Å²) in [5, 5.41) is 12.6. The number of hydrogen-bond acceptors (Lipinski definition) is 3. The Hall–Kier alpha value is -1.57. The maximum absolute atomic E-state index is 8.99.